The average molecular weight is 262 g/mol. The molecule has 1 amide bonds. The summed E-state index contributed by atoms with van der Waals surface area (Å²) in [6, 6.07) is 6.96. The molecule has 0 saturated carbocycles. The van der Waals surface area contributed by atoms with Gasteiger partial charge in [-0.15, -0.1) is 0 Å². The summed E-state index contributed by atoms with van der Waals surface area (Å²) < 4.78 is 0. The van der Waals surface area contributed by atoms with E-state index in [2.05, 4.69) is 5.32 Å². The number of benzene rings is 1. The summed E-state index contributed by atoms with van der Waals surface area (Å²) in [5.74, 6) is 0.415. The van der Waals surface area contributed by atoms with E-state index in [1.165, 1.54) is 6.42 Å². The molecule has 1 fully saturated rings. The standard InChI is InChI=1S/C15H22N2O2/c1-17(11-12-6-8-13(18)9-7-12)15(19)14-5-3-2-4-10-16-14/h6-9,14,16,18H,2-5,10-11H2,1H3. The number of hydrogen-bond donors (Lipinski definition) is 2. The number of amides is 1. The van der Waals surface area contributed by atoms with Crippen LogP contribution in [0.15, 0.2) is 24.3 Å². The van der Waals surface area contributed by atoms with Gasteiger partial charge in [-0.25, -0.2) is 0 Å². The molecule has 19 heavy (non-hydrogen) atoms. The van der Waals surface area contributed by atoms with Crippen LogP contribution in [0.5, 0.6) is 5.75 Å². The molecule has 2 N–H and O–H groups in total. The maximum atomic E-state index is 12.3. The first-order valence-corrected chi connectivity index (χ1v) is 6.93. The van der Waals surface area contributed by atoms with Gasteiger partial charge in [0.05, 0.1) is 6.04 Å². The first-order valence-electron chi connectivity index (χ1n) is 6.93. The van der Waals surface area contributed by atoms with Crippen LogP contribution in [-0.2, 0) is 11.3 Å². The van der Waals surface area contributed by atoms with Crippen LogP contribution in [0, 0.1) is 0 Å². The number of nitrogens with one attached hydrogen (secondary N) is 1. The van der Waals surface area contributed by atoms with Gasteiger partial charge in [0.2, 0.25) is 5.91 Å². The van der Waals surface area contributed by atoms with E-state index in [4.69, 9.17) is 0 Å². The zero-order chi connectivity index (χ0) is 13.7. The molecular weight excluding hydrogens is 240 g/mol. The van der Waals surface area contributed by atoms with Crippen molar-refractivity contribution in [2.45, 2.75) is 38.3 Å². The van der Waals surface area contributed by atoms with E-state index in [-0.39, 0.29) is 17.7 Å². The lowest BCUT2D eigenvalue weighted by Gasteiger charge is -2.23. The first-order chi connectivity index (χ1) is 9.16. The van der Waals surface area contributed by atoms with Crippen molar-refractivity contribution >= 4 is 5.91 Å². The largest absolute Gasteiger partial charge is 0.508 e. The highest BCUT2D eigenvalue weighted by molar-refractivity contribution is 5.81. The third-order valence-electron chi connectivity index (χ3n) is 3.59. The molecule has 4 heteroatoms. The molecule has 1 unspecified atom stereocenters. The number of nitrogens with zero attached hydrogens (tertiary/aromatic N) is 1. The van der Waals surface area contributed by atoms with Gasteiger partial charge in [0.25, 0.3) is 0 Å². The Labute approximate surface area is 114 Å². The van der Waals surface area contributed by atoms with Gasteiger partial charge in [0.1, 0.15) is 5.75 Å². The molecule has 1 atom stereocenters. The van der Waals surface area contributed by atoms with Gasteiger partial charge in [-0.1, -0.05) is 25.0 Å². The summed E-state index contributed by atoms with van der Waals surface area (Å²) in [6.45, 7) is 1.51. The van der Waals surface area contributed by atoms with Crippen molar-refractivity contribution in [2.24, 2.45) is 0 Å². The molecule has 0 spiro atoms. The van der Waals surface area contributed by atoms with Crippen LogP contribution in [0.4, 0.5) is 0 Å². The zero-order valence-corrected chi connectivity index (χ0v) is 11.4. The molecule has 1 heterocycles. The average Bonchev–Trinajstić information content (AvgIpc) is 2.69. The predicted molar refractivity (Wildman–Crippen MR) is 74.8 cm³/mol. The SMILES string of the molecule is CN(Cc1ccc(O)cc1)C(=O)C1CCCCCN1. The van der Waals surface area contributed by atoms with Crippen LogP contribution >= 0.6 is 0 Å². The molecule has 1 aromatic rings. The van der Waals surface area contributed by atoms with Gasteiger partial charge in [-0.2, -0.15) is 0 Å². The second-order valence-electron chi connectivity index (χ2n) is 5.22. The summed E-state index contributed by atoms with van der Waals surface area (Å²) >= 11 is 0. The van der Waals surface area contributed by atoms with Crippen molar-refractivity contribution in [2.75, 3.05) is 13.6 Å². The van der Waals surface area contributed by atoms with E-state index < -0.39 is 0 Å². The Balaban J connectivity index is 1.92. The lowest BCUT2D eigenvalue weighted by molar-refractivity contribution is -0.132. The van der Waals surface area contributed by atoms with Crippen LogP contribution in [0.25, 0.3) is 0 Å². The van der Waals surface area contributed by atoms with E-state index in [9.17, 15) is 9.90 Å². The van der Waals surface area contributed by atoms with Crippen molar-refractivity contribution in [3.05, 3.63) is 29.8 Å². The molecule has 0 aromatic heterocycles. The van der Waals surface area contributed by atoms with Gasteiger partial charge < -0.3 is 15.3 Å². The van der Waals surface area contributed by atoms with Gasteiger partial charge in [0.15, 0.2) is 0 Å². The maximum Gasteiger partial charge on any atom is 0.239 e. The maximum absolute atomic E-state index is 12.3. The fraction of sp³-hybridized carbons (Fsp3) is 0.533. The molecule has 4 nitrogen and oxygen atoms in total. The molecule has 1 aromatic carbocycles. The summed E-state index contributed by atoms with van der Waals surface area (Å²) in [4.78, 5) is 14.1. The predicted octanol–water partition coefficient (Wildman–Crippen LogP) is 1.88. The number of rotatable bonds is 3. The van der Waals surface area contributed by atoms with Gasteiger partial charge in [-0.05, 0) is 37.1 Å². The second kappa shape index (κ2) is 6.57. The van der Waals surface area contributed by atoms with Crippen molar-refractivity contribution in [1.82, 2.24) is 10.2 Å². The van der Waals surface area contributed by atoms with Crippen LogP contribution in [0.1, 0.15) is 31.2 Å². The number of phenolic OH excluding ortho intramolecular Hbond substituents is 1. The summed E-state index contributed by atoms with van der Waals surface area (Å²) in [5, 5.41) is 12.6. The molecule has 1 aliphatic heterocycles. The van der Waals surface area contributed by atoms with E-state index in [0.29, 0.717) is 6.54 Å². The Morgan fingerprint density at radius 2 is 2.05 bits per heavy atom. The van der Waals surface area contributed by atoms with Gasteiger partial charge in [-0.3, -0.25) is 4.79 Å². The van der Waals surface area contributed by atoms with E-state index in [1.807, 2.05) is 19.2 Å². The number of phenols is 1. The highest BCUT2D eigenvalue weighted by atomic mass is 16.3. The Morgan fingerprint density at radius 3 is 2.79 bits per heavy atom. The van der Waals surface area contributed by atoms with Crippen molar-refractivity contribution in [1.29, 1.82) is 0 Å². The Hall–Kier alpha value is -1.55. The molecule has 0 radical (unpaired) electrons. The fourth-order valence-electron chi connectivity index (χ4n) is 2.46. The normalized spacial score (nSPS) is 19.7. The van der Waals surface area contributed by atoms with E-state index >= 15 is 0 Å². The Kier molecular flexibility index (Phi) is 4.80. The highest BCUT2D eigenvalue weighted by Crippen LogP contribution is 2.14. The lowest BCUT2D eigenvalue weighted by Crippen LogP contribution is -2.44. The minimum Gasteiger partial charge on any atom is -0.508 e. The second-order valence-corrected chi connectivity index (χ2v) is 5.22. The number of likely N-dealkylation sites (N-methyl/N-ethyl adjacent to an activating group) is 1. The molecule has 1 aliphatic rings. The monoisotopic (exact) mass is 262 g/mol. The molecule has 0 aliphatic carbocycles. The quantitative estimate of drug-likeness (QED) is 0.874. The third-order valence-corrected chi connectivity index (χ3v) is 3.59. The number of carbonyl (C=O) groups is 1. The topological polar surface area (TPSA) is 52.6 Å². The van der Waals surface area contributed by atoms with Crippen LogP contribution in [0.2, 0.25) is 0 Å². The third kappa shape index (κ3) is 3.96. The Morgan fingerprint density at radius 1 is 1.32 bits per heavy atom. The van der Waals surface area contributed by atoms with Crippen molar-refractivity contribution in [3.63, 3.8) is 0 Å². The van der Waals surface area contributed by atoms with Crippen LogP contribution < -0.4 is 5.32 Å². The number of aromatic hydroxyl groups is 1. The highest BCUT2D eigenvalue weighted by Gasteiger charge is 2.22. The van der Waals surface area contributed by atoms with Gasteiger partial charge >= 0.3 is 0 Å². The van der Waals surface area contributed by atoms with E-state index in [1.54, 1.807) is 17.0 Å². The van der Waals surface area contributed by atoms with E-state index in [0.717, 1.165) is 31.4 Å². The van der Waals surface area contributed by atoms with Gasteiger partial charge in [0, 0.05) is 13.6 Å². The summed E-state index contributed by atoms with van der Waals surface area (Å²) in [5.41, 5.74) is 1.03. The summed E-state index contributed by atoms with van der Waals surface area (Å²) in [6.07, 6.45) is 4.42. The minimum absolute atomic E-state index is 0.0374. The molecule has 2 rings (SSSR count). The molecule has 0 bridgehead atoms. The summed E-state index contributed by atoms with van der Waals surface area (Å²) in [7, 11) is 1.84. The minimum atomic E-state index is -0.0374. The van der Waals surface area contributed by atoms with Crippen molar-refractivity contribution < 1.29 is 9.90 Å². The molecule has 104 valence electrons. The van der Waals surface area contributed by atoms with Crippen LogP contribution in [-0.4, -0.2) is 35.5 Å². The molecule has 1 saturated heterocycles. The van der Waals surface area contributed by atoms with Crippen LogP contribution in [0.3, 0.4) is 0 Å². The number of hydrogen-bond acceptors (Lipinski definition) is 3. The molecular formula is C15H22N2O2. The fourth-order valence-corrected chi connectivity index (χ4v) is 2.46. The first kappa shape index (κ1) is 13.9. The Bertz CT molecular complexity index is 409. The number of carbonyl (C=O) groups excluding carboxylic acids is 1. The smallest absolute Gasteiger partial charge is 0.239 e. The lowest BCUT2D eigenvalue weighted by atomic mass is 10.1. The van der Waals surface area contributed by atoms with Crippen molar-refractivity contribution in [3.8, 4) is 5.75 Å². The zero-order valence-electron chi connectivity index (χ0n) is 11.4.